The van der Waals surface area contributed by atoms with Gasteiger partial charge in [-0.1, -0.05) is 33.8 Å². The minimum absolute atomic E-state index is 0.0466. The Morgan fingerprint density at radius 2 is 1.90 bits per heavy atom. The summed E-state index contributed by atoms with van der Waals surface area (Å²) in [4.78, 5) is 17.1. The fourth-order valence-electron chi connectivity index (χ4n) is 3.65. The number of carboxylic acids is 1. The summed E-state index contributed by atoms with van der Waals surface area (Å²) in [6.45, 7) is 9.98. The summed E-state index contributed by atoms with van der Waals surface area (Å²) in [5.74, 6) is -1.75. The van der Waals surface area contributed by atoms with Crippen LogP contribution in [0, 0.1) is 17.8 Å². The minimum Gasteiger partial charge on any atom is -0.481 e. The molecule has 0 spiro atoms. The van der Waals surface area contributed by atoms with Crippen molar-refractivity contribution in [3.05, 3.63) is 29.6 Å². The highest BCUT2D eigenvalue weighted by atomic mass is 32.1. The molecule has 0 aliphatic heterocycles. The number of carboxylic acid groups (broad SMARTS) is 1. The Bertz CT molecular complexity index is 920. The molecule has 31 heavy (non-hydrogen) atoms. The Morgan fingerprint density at radius 1 is 1.26 bits per heavy atom. The maximum atomic E-state index is 12.9. The summed E-state index contributed by atoms with van der Waals surface area (Å²) in [7, 11) is 0. The predicted octanol–water partition coefficient (Wildman–Crippen LogP) is 5.61. The van der Waals surface area contributed by atoms with Gasteiger partial charge in [-0.05, 0) is 41.9 Å². The third kappa shape index (κ3) is 5.87. The molecule has 0 radical (unpaired) electrons. The lowest BCUT2D eigenvalue weighted by molar-refractivity contribution is -0.144. The molecular formula is C21H27F3N4O2S. The number of benzene rings is 1. The van der Waals surface area contributed by atoms with Crippen LogP contribution in [-0.2, 0) is 11.0 Å². The summed E-state index contributed by atoms with van der Waals surface area (Å²) in [6, 6.07) is 5.68. The maximum Gasteiger partial charge on any atom is 0.452 e. The van der Waals surface area contributed by atoms with Crippen LogP contribution in [0.3, 0.4) is 0 Å². The lowest BCUT2D eigenvalue weighted by atomic mass is 10.0. The van der Waals surface area contributed by atoms with Gasteiger partial charge in [-0.2, -0.15) is 22.5 Å². The molecule has 2 N–H and O–H groups in total. The van der Waals surface area contributed by atoms with E-state index in [4.69, 9.17) is 0 Å². The van der Waals surface area contributed by atoms with Crippen molar-refractivity contribution in [1.82, 2.24) is 9.36 Å². The van der Waals surface area contributed by atoms with Gasteiger partial charge in [0.15, 0.2) is 0 Å². The summed E-state index contributed by atoms with van der Waals surface area (Å²) in [5.41, 5.74) is 2.32. The number of aromatic nitrogens is 2. The smallest absolute Gasteiger partial charge is 0.452 e. The van der Waals surface area contributed by atoms with Gasteiger partial charge in [0.05, 0.1) is 17.3 Å². The van der Waals surface area contributed by atoms with Crippen molar-refractivity contribution in [2.75, 3.05) is 23.3 Å². The highest BCUT2D eigenvalue weighted by Gasteiger charge is 2.44. The normalized spacial score (nSPS) is 18.5. The summed E-state index contributed by atoms with van der Waals surface area (Å²) >= 11 is 0.650. The second-order valence-corrected chi connectivity index (χ2v) is 9.55. The van der Waals surface area contributed by atoms with E-state index in [1.165, 1.54) is 0 Å². The molecule has 0 bridgehead atoms. The van der Waals surface area contributed by atoms with E-state index in [9.17, 15) is 23.1 Å². The van der Waals surface area contributed by atoms with E-state index in [2.05, 4.69) is 47.3 Å². The largest absolute Gasteiger partial charge is 0.481 e. The average molecular weight is 457 g/mol. The zero-order valence-electron chi connectivity index (χ0n) is 17.9. The van der Waals surface area contributed by atoms with E-state index in [1.807, 2.05) is 18.2 Å². The summed E-state index contributed by atoms with van der Waals surface area (Å²) in [5, 5.41) is 12.3. The highest BCUT2D eigenvalue weighted by Crippen LogP contribution is 2.49. The van der Waals surface area contributed by atoms with Crippen molar-refractivity contribution in [2.45, 2.75) is 46.2 Å². The zero-order chi connectivity index (χ0) is 22.9. The molecule has 1 aliphatic rings. The topological polar surface area (TPSA) is 78.4 Å². The van der Waals surface area contributed by atoms with Crippen molar-refractivity contribution in [1.29, 1.82) is 0 Å². The molecular weight excluding hydrogens is 429 g/mol. The molecule has 2 aromatic rings. The third-order valence-electron chi connectivity index (χ3n) is 4.99. The number of aliphatic carboxylic acids is 1. The average Bonchev–Trinajstić information content (AvgIpc) is 3.31. The molecule has 2 atom stereocenters. The standard InChI is InChI=1S/C21H27F3N4O2S/c1-11(2)9-28(10-12(3)4)17-6-5-13(14-8-15(14)18(29)30)7-16(17)25-20-26-19(27-31-20)21(22,23)24/h5-7,11-12,14-15H,8-10H2,1-4H3,(H,29,30)(H,25,26,27)/t14-,15-/m0/s1. The first kappa shape index (κ1) is 23.3. The Balaban J connectivity index is 1.97. The van der Waals surface area contributed by atoms with Crippen LogP contribution in [0.25, 0.3) is 0 Å². The molecule has 1 aromatic heterocycles. The number of halogens is 3. The number of anilines is 3. The monoisotopic (exact) mass is 456 g/mol. The molecule has 1 heterocycles. The van der Waals surface area contributed by atoms with Crippen molar-refractivity contribution in [3.8, 4) is 0 Å². The highest BCUT2D eigenvalue weighted by molar-refractivity contribution is 7.09. The van der Waals surface area contributed by atoms with Crippen LogP contribution in [0.15, 0.2) is 18.2 Å². The Kier molecular flexibility index (Phi) is 6.78. The molecule has 0 saturated heterocycles. The number of hydrogen-bond donors (Lipinski definition) is 2. The number of hydrogen-bond acceptors (Lipinski definition) is 6. The maximum absolute atomic E-state index is 12.9. The Hall–Kier alpha value is -2.36. The number of rotatable bonds is 9. The van der Waals surface area contributed by atoms with E-state index in [-0.39, 0.29) is 11.0 Å². The van der Waals surface area contributed by atoms with Crippen molar-refractivity contribution in [3.63, 3.8) is 0 Å². The van der Waals surface area contributed by atoms with Gasteiger partial charge < -0.3 is 15.3 Å². The lowest BCUT2D eigenvalue weighted by Crippen LogP contribution is -2.31. The number of nitrogens with one attached hydrogen (secondary N) is 1. The van der Waals surface area contributed by atoms with Gasteiger partial charge in [-0.25, -0.2) is 0 Å². The van der Waals surface area contributed by atoms with Crippen molar-refractivity contribution >= 4 is 34.0 Å². The molecule has 170 valence electrons. The molecule has 3 rings (SSSR count). The second kappa shape index (κ2) is 9.02. The van der Waals surface area contributed by atoms with Gasteiger partial charge in [0, 0.05) is 24.6 Å². The molecule has 1 aromatic carbocycles. The zero-order valence-corrected chi connectivity index (χ0v) is 18.7. The Labute approximate surface area is 183 Å². The van der Waals surface area contributed by atoms with Crippen molar-refractivity contribution < 1.29 is 23.1 Å². The lowest BCUT2D eigenvalue weighted by Gasteiger charge is -2.30. The number of carbonyl (C=O) groups is 1. The van der Waals surface area contributed by atoms with Crippen LogP contribution in [0.5, 0.6) is 0 Å². The summed E-state index contributed by atoms with van der Waals surface area (Å²) in [6.07, 6.45) is -4.04. The van der Waals surface area contributed by atoms with Gasteiger partial charge >= 0.3 is 12.1 Å². The first-order chi connectivity index (χ1) is 14.5. The van der Waals surface area contributed by atoms with Crippen LogP contribution >= 0.6 is 11.5 Å². The fraction of sp³-hybridized carbons (Fsp3) is 0.571. The minimum atomic E-state index is -4.61. The molecule has 0 unspecified atom stereocenters. The van der Waals surface area contributed by atoms with Crippen LogP contribution < -0.4 is 10.2 Å². The van der Waals surface area contributed by atoms with E-state index in [1.54, 1.807) is 0 Å². The third-order valence-corrected chi connectivity index (χ3v) is 5.62. The SMILES string of the molecule is CC(C)CN(CC(C)C)c1ccc([C@@H]2C[C@@H]2C(=O)O)cc1Nc1nc(C(F)(F)F)ns1. The fourth-order valence-corrected chi connectivity index (χ4v) is 4.25. The Morgan fingerprint density at radius 3 is 2.39 bits per heavy atom. The molecule has 6 nitrogen and oxygen atoms in total. The van der Waals surface area contributed by atoms with Crippen LogP contribution in [0.1, 0.15) is 51.4 Å². The van der Waals surface area contributed by atoms with Crippen molar-refractivity contribution in [2.24, 2.45) is 17.8 Å². The first-order valence-electron chi connectivity index (χ1n) is 10.2. The molecule has 1 aliphatic carbocycles. The van der Waals surface area contributed by atoms with E-state index in [0.29, 0.717) is 35.5 Å². The van der Waals surface area contributed by atoms with E-state index >= 15 is 0 Å². The molecule has 1 saturated carbocycles. The number of alkyl halides is 3. The predicted molar refractivity (Wildman–Crippen MR) is 115 cm³/mol. The van der Waals surface area contributed by atoms with Gasteiger partial charge in [0.2, 0.25) is 11.0 Å². The number of nitrogens with zero attached hydrogens (tertiary/aromatic N) is 3. The van der Waals surface area contributed by atoms with Gasteiger partial charge in [-0.15, -0.1) is 0 Å². The first-order valence-corrected chi connectivity index (χ1v) is 11.0. The molecule has 10 heteroatoms. The second-order valence-electron chi connectivity index (χ2n) is 8.80. The van der Waals surface area contributed by atoms with E-state index in [0.717, 1.165) is 24.3 Å². The molecule has 1 fully saturated rings. The van der Waals surface area contributed by atoms with Crippen LogP contribution in [-0.4, -0.2) is 33.5 Å². The van der Waals surface area contributed by atoms with Gasteiger partial charge in [0.1, 0.15) is 0 Å². The summed E-state index contributed by atoms with van der Waals surface area (Å²) < 4.78 is 42.2. The van der Waals surface area contributed by atoms with E-state index < -0.39 is 23.9 Å². The molecule has 0 amide bonds. The van der Waals surface area contributed by atoms with Crippen LogP contribution in [0.4, 0.5) is 29.7 Å². The quantitative estimate of drug-likeness (QED) is 0.511. The van der Waals surface area contributed by atoms with Crippen LogP contribution in [0.2, 0.25) is 0 Å². The van der Waals surface area contributed by atoms with Gasteiger partial charge in [-0.3, -0.25) is 4.79 Å². The van der Waals surface area contributed by atoms with Gasteiger partial charge in [0.25, 0.3) is 0 Å².